The van der Waals surface area contributed by atoms with Crippen molar-refractivity contribution in [3.63, 3.8) is 0 Å². The summed E-state index contributed by atoms with van der Waals surface area (Å²) in [5, 5.41) is 43.0. The maximum absolute atomic E-state index is 14.5. The second-order valence-electron chi connectivity index (χ2n) is 17.2. The number of aliphatic hydroxyl groups is 1. The Hall–Kier alpha value is -5.78. The van der Waals surface area contributed by atoms with Gasteiger partial charge in [0.15, 0.2) is 0 Å². The number of hydrogen-bond donors (Lipinski definition) is 7. The summed E-state index contributed by atoms with van der Waals surface area (Å²) in [6, 6.07) is 4.69. The van der Waals surface area contributed by atoms with Gasteiger partial charge < -0.3 is 60.4 Å². The first-order valence-corrected chi connectivity index (χ1v) is 19.2. The SMILES string of the molecule is CN1C(=O)[C@H](C[C@@H](O)CNC(=O)OC(C)(C)C)NC(=O)[C@@H](NC(=O)OC(C)(C)C)Cc2cc(ccc2O)-c2ccc(O)c(c2)C[C@H]1C(=O)OCCNC(=O)OC(C)(C)C. The van der Waals surface area contributed by atoms with Crippen LogP contribution in [0.4, 0.5) is 14.4 Å². The van der Waals surface area contributed by atoms with E-state index >= 15 is 0 Å². The van der Waals surface area contributed by atoms with Crippen molar-refractivity contribution in [2.75, 3.05) is 26.7 Å². The van der Waals surface area contributed by atoms with Gasteiger partial charge in [-0.15, -0.1) is 0 Å². The normalized spacial score (nSPS) is 18.2. The molecule has 326 valence electrons. The van der Waals surface area contributed by atoms with Gasteiger partial charge in [-0.2, -0.15) is 0 Å². The van der Waals surface area contributed by atoms with Gasteiger partial charge in [-0.25, -0.2) is 19.2 Å². The first-order chi connectivity index (χ1) is 27.2. The van der Waals surface area contributed by atoms with E-state index in [2.05, 4.69) is 21.3 Å². The molecule has 4 atom stereocenters. The monoisotopic (exact) mass is 829 g/mol. The lowest BCUT2D eigenvalue weighted by Crippen LogP contribution is -2.58. The number of amides is 5. The lowest BCUT2D eigenvalue weighted by atomic mass is 9.95. The van der Waals surface area contributed by atoms with Gasteiger partial charge in [0.05, 0.1) is 12.6 Å². The molecule has 4 bridgehead atoms. The Morgan fingerprint density at radius 2 is 1.27 bits per heavy atom. The van der Waals surface area contributed by atoms with Gasteiger partial charge in [-0.3, -0.25) is 9.59 Å². The fourth-order valence-corrected chi connectivity index (χ4v) is 5.80. The van der Waals surface area contributed by atoms with Gasteiger partial charge in [-0.05, 0) is 109 Å². The Kier molecular flexibility index (Phi) is 16.0. The predicted octanol–water partition coefficient (Wildman–Crippen LogP) is 3.41. The molecule has 0 aliphatic carbocycles. The number of esters is 1. The molecule has 0 fully saturated rings. The minimum atomic E-state index is -1.60. The van der Waals surface area contributed by atoms with Gasteiger partial charge in [-0.1, -0.05) is 12.1 Å². The zero-order chi connectivity index (χ0) is 44.5. The van der Waals surface area contributed by atoms with Crippen LogP contribution >= 0.6 is 0 Å². The highest BCUT2D eigenvalue weighted by Gasteiger charge is 2.37. The Labute approximate surface area is 344 Å². The summed E-state index contributed by atoms with van der Waals surface area (Å²) >= 11 is 0. The summed E-state index contributed by atoms with van der Waals surface area (Å²) in [6.45, 7) is 14.0. The minimum Gasteiger partial charge on any atom is -0.508 e. The number of alkyl carbamates (subject to hydrolysis) is 3. The summed E-state index contributed by atoms with van der Waals surface area (Å²) < 4.78 is 21.4. The average Bonchev–Trinajstić information content (AvgIpc) is 3.09. The number of ether oxygens (including phenoxy) is 4. The summed E-state index contributed by atoms with van der Waals surface area (Å²) in [5.41, 5.74) is -1.04. The van der Waals surface area contributed by atoms with Crippen LogP contribution in [0.3, 0.4) is 0 Å². The minimum absolute atomic E-state index is 0.142. The third-order valence-electron chi connectivity index (χ3n) is 8.44. The second kappa shape index (κ2) is 19.8. The molecule has 3 rings (SSSR count). The molecule has 59 heavy (non-hydrogen) atoms. The molecular weight excluding hydrogens is 770 g/mol. The molecule has 1 heterocycles. The molecule has 2 aromatic carbocycles. The van der Waals surface area contributed by atoms with Crippen molar-refractivity contribution in [1.29, 1.82) is 0 Å². The van der Waals surface area contributed by atoms with Crippen molar-refractivity contribution >= 4 is 36.1 Å². The van der Waals surface area contributed by atoms with Crippen LogP contribution in [0.25, 0.3) is 11.1 Å². The third-order valence-corrected chi connectivity index (χ3v) is 8.44. The van der Waals surface area contributed by atoms with E-state index in [1.807, 2.05) is 0 Å². The van der Waals surface area contributed by atoms with Crippen LogP contribution in [0.5, 0.6) is 11.5 Å². The molecule has 18 nitrogen and oxygen atoms in total. The molecule has 2 aromatic rings. The highest BCUT2D eigenvalue weighted by molar-refractivity contribution is 5.93. The Bertz CT molecular complexity index is 1850. The first-order valence-electron chi connectivity index (χ1n) is 19.2. The second-order valence-corrected chi connectivity index (χ2v) is 17.2. The number of benzene rings is 2. The highest BCUT2D eigenvalue weighted by atomic mass is 16.6. The van der Waals surface area contributed by atoms with Gasteiger partial charge in [0.1, 0.15) is 53.0 Å². The maximum atomic E-state index is 14.5. The van der Waals surface area contributed by atoms with Gasteiger partial charge >= 0.3 is 24.2 Å². The largest absolute Gasteiger partial charge is 0.508 e. The van der Waals surface area contributed by atoms with Gasteiger partial charge in [0, 0.05) is 32.9 Å². The lowest BCUT2D eigenvalue weighted by Gasteiger charge is -2.32. The zero-order valence-electron chi connectivity index (χ0n) is 35.4. The Balaban J connectivity index is 2.09. The molecule has 1 aliphatic heterocycles. The predicted molar refractivity (Wildman–Crippen MR) is 214 cm³/mol. The summed E-state index contributed by atoms with van der Waals surface area (Å²) in [4.78, 5) is 81.1. The molecule has 0 spiro atoms. The number of carbonyl (C=O) groups is 6. The van der Waals surface area contributed by atoms with Crippen LogP contribution < -0.4 is 21.3 Å². The zero-order valence-corrected chi connectivity index (χ0v) is 35.4. The number of likely N-dealkylation sites (N-methyl/N-ethyl adjacent to an activating group) is 1. The van der Waals surface area contributed by atoms with E-state index in [1.54, 1.807) is 86.6 Å². The maximum Gasteiger partial charge on any atom is 0.408 e. The molecule has 0 unspecified atom stereocenters. The van der Waals surface area contributed by atoms with Crippen molar-refractivity contribution in [2.45, 2.75) is 123 Å². The van der Waals surface area contributed by atoms with E-state index in [4.69, 9.17) is 18.9 Å². The summed E-state index contributed by atoms with van der Waals surface area (Å²) in [7, 11) is 1.27. The van der Waals surface area contributed by atoms with Crippen LogP contribution in [0.2, 0.25) is 0 Å². The lowest BCUT2D eigenvalue weighted by molar-refractivity contribution is -0.155. The van der Waals surface area contributed by atoms with E-state index in [0.29, 0.717) is 11.1 Å². The summed E-state index contributed by atoms with van der Waals surface area (Å²) in [6.07, 6.45) is -5.12. The molecule has 0 saturated heterocycles. The number of fused-ring (bicyclic) bond motifs is 5. The third kappa shape index (κ3) is 15.8. The van der Waals surface area contributed by atoms with Gasteiger partial charge in [0.25, 0.3) is 0 Å². The molecule has 0 aromatic heterocycles. The molecule has 18 heteroatoms. The molecule has 5 amide bonds. The molecule has 1 aliphatic rings. The molecular formula is C41H59N5O13. The van der Waals surface area contributed by atoms with Crippen LogP contribution in [0, 0.1) is 0 Å². The fraction of sp³-hybridized carbons (Fsp3) is 0.561. The first kappa shape index (κ1) is 47.6. The van der Waals surface area contributed by atoms with Gasteiger partial charge in [0.2, 0.25) is 11.8 Å². The van der Waals surface area contributed by atoms with Crippen molar-refractivity contribution in [1.82, 2.24) is 26.2 Å². The number of nitrogens with zero attached hydrogens (tertiary/aromatic N) is 1. The molecule has 0 radical (unpaired) electrons. The highest BCUT2D eigenvalue weighted by Crippen LogP contribution is 2.32. The smallest absolute Gasteiger partial charge is 0.408 e. The number of carbonyl (C=O) groups excluding carboxylic acids is 6. The van der Waals surface area contributed by atoms with Crippen molar-refractivity contribution < 1.29 is 63.0 Å². The van der Waals surface area contributed by atoms with Crippen LogP contribution in [0.15, 0.2) is 36.4 Å². The number of phenolic OH excluding ortho intramolecular Hbond substituents is 2. The standard InChI is InChI=1S/C41H59N5O13/c1-39(2,3)57-36(53)42-15-16-56-35(52)30-20-26-18-24(12-14-32(26)49)23-11-13-31(48)25(17-23)19-28(45-38(55)59-41(7,8)9)33(50)44-29(34(51)46(30)10)21-27(47)22-43-37(54)58-40(4,5)6/h11-14,17-18,27-30,47-49H,15-16,19-22H2,1-10H3,(H,42,53)(H,43,54)(H,44,50)(H,45,55)/t27-,28+,29+,30+/m1/s1. The number of phenols is 2. The van der Waals surface area contributed by atoms with Crippen LogP contribution in [-0.4, -0.2) is 124 Å². The van der Waals surface area contributed by atoms with Crippen molar-refractivity contribution in [3.05, 3.63) is 47.5 Å². The molecule has 7 N–H and O–H groups in total. The number of rotatable bonds is 9. The number of aromatic hydroxyl groups is 2. The topological polar surface area (TPSA) is 251 Å². The number of hydrogen-bond acceptors (Lipinski definition) is 13. The van der Waals surface area contributed by atoms with E-state index in [9.17, 15) is 44.1 Å². The Morgan fingerprint density at radius 3 is 1.80 bits per heavy atom. The van der Waals surface area contributed by atoms with E-state index in [-0.39, 0.29) is 48.6 Å². The van der Waals surface area contributed by atoms with Crippen LogP contribution in [-0.2, 0) is 46.2 Å². The Morgan fingerprint density at radius 1 is 0.780 bits per heavy atom. The fourth-order valence-electron chi connectivity index (χ4n) is 5.80. The quantitative estimate of drug-likeness (QED) is 0.109. The van der Waals surface area contributed by atoms with Crippen LogP contribution in [0.1, 0.15) is 79.9 Å². The van der Waals surface area contributed by atoms with E-state index in [1.165, 1.54) is 19.2 Å². The van der Waals surface area contributed by atoms with Crippen molar-refractivity contribution in [2.24, 2.45) is 0 Å². The number of nitrogens with one attached hydrogen (secondary N) is 4. The van der Waals surface area contributed by atoms with E-state index < -0.39 is 90.1 Å². The van der Waals surface area contributed by atoms with Crippen molar-refractivity contribution in [3.8, 4) is 22.6 Å². The summed E-state index contributed by atoms with van der Waals surface area (Å²) in [5.74, 6) is -3.17. The van der Waals surface area contributed by atoms with E-state index in [0.717, 1.165) is 4.90 Å². The molecule has 0 saturated carbocycles. The number of aliphatic hydroxyl groups excluding tert-OH is 1. The average molecular weight is 830 g/mol.